The topological polar surface area (TPSA) is 75.4 Å². The Balaban J connectivity index is 1.49. The molecule has 2 heterocycles. The number of hydrogen-bond acceptors (Lipinski definition) is 3. The number of carboxylic acids is 1. The van der Waals surface area contributed by atoms with Crippen molar-refractivity contribution in [3.8, 4) is 0 Å². The molecule has 4 aromatic rings. The maximum atomic E-state index is 14.0. The van der Waals surface area contributed by atoms with E-state index in [2.05, 4.69) is 20.9 Å². The Bertz CT molecular complexity index is 1310. The summed E-state index contributed by atoms with van der Waals surface area (Å²) in [4.78, 5) is 32.4. The Hall–Kier alpha value is -3.71. The van der Waals surface area contributed by atoms with E-state index < -0.39 is 17.9 Å². The van der Waals surface area contributed by atoms with Crippen LogP contribution in [-0.2, 0) is 29.1 Å². The number of carbonyl (C=O) groups excluding carboxylic acids is 1. The smallest absolute Gasteiger partial charge is 0.326 e. The van der Waals surface area contributed by atoms with Gasteiger partial charge in [-0.15, -0.1) is 0 Å². The number of aliphatic carboxylic acids is 1. The molecular weight excluding hydrogens is 506 g/mol. The molecule has 1 aliphatic heterocycles. The van der Waals surface area contributed by atoms with Gasteiger partial charge in [0.15, 0.2) is 0 Å². The largest absolute Gasteiger partial charge is 0.480 e. The molecule has 0 saturated carbocycles. The summed E-state index contributed by atoms with van der Waals surface area (Å²) in [6.45, 7) is 0.742. The van der Waals surface area contributed by atoms with Gasteiger partial charge in [0.1, 0.15) is 6.04 Å². The van der Waals surface area contributed by atoms with Crippen LogP contribution < -0.4 is 0 Å². The summed E-state index contributed by atoms with van der Waals surface area (Å²) < 4.78 is 2.97. The van der Waals surface area contributed by atoms with E-state index in [1.165, 1.54) is 4.90 Å². The monoisotopic (exact) mass is 529 g/mol. The van der Waals surface area contributed by atoms with Crippen molar-refractivity contribution < 1.29 is 14.7 Å². The van der Waals surface area contributed by atoms with Crippen LogP contribution in [0.5, 0.6) is 0 Å². The van der Waals surface area contributed by atoms with Crippen molar-refractivity contribution in [1.82, 2.24) is 14.5 Å². The molecule has 0 bridgehead atoms. The van der Waals surface area contributed by atoms with Crippen LogP contribution in [0.4, 0.5) is 0 Å². The predicted molar refractivity (Wildman–Crippen MR) is 136 cm³/mol. The van der Waals surface area contributed by atoms with Gasteiger partial charge in [0.25, 0.3) is 0 Å². The molecule has 0 aliphatic carbocycles. The highest BCUT2D eigenvalue weighted by Crippen LogP contribution is 2.32. The molecule has 1 amide bonds. The predicted octanol–water partition coefficient (Wildman–Crippen LogP) is 4.86. The van der Waals surface area contributed by atoms with Crippen molar-refractivity contribution in [1.29, 1.82) is 0 Å². The third kappa shape index (κ3) is 4.77. The third-order valence-electron chi connectivity index (χ3n) is 6.44. The number of carboxylic acid groups (broad SMARTS) is 1. The van der Waals surface area contributed by atoms with Gasteiger partial charge in [-0.1, -0.05) is 88.7 Å². The summed E-state index contributed by atoms with van der Waals surface area (Å²) in [5.74, 6) is -1.84. The van der Waals surface area contributed by atoms with Crippen molar-refractivity contribution in [2.24, 2.45) is 0 Å². The molecule has 0 unspecified atom stereocenters. The maximum absolute atomic E-state index is 14.0. The van der Waals surface area contributed by atoms with Crippen molar-refractivity contribution in [3.05, 3.63) is 124 Å². The fourth-order valence-electron chi connectivity index (χ4n) is 4.74. The Labute approximate surface area is 212 Å². The minimum absolute atomic E-state index is 0.160. The number of imidazole rings is 1. The number of amides is 1. The van der Waals surface area contributed by atoms with E-state index >= 15 is 0 Å². The van der Waals surface area contributed by atoms with Crippen molar-refractivity contribution in [2.45, 2.75) is 31.5 Å². The van der Waals surface area contributed by atoms with Gasteiger partial charge in [-0.05, 0) is 28.8 Å². The lowest BCUT2D eigenvalue weighted by molar-refractivity contribution is -0.151. The van der Waals surface area contributed by atoms with Gasteiger partial charge in [0.2, 0.25) is 5.91 Å². The summed E-state index contributed by atoms with van der Waals surface area (Å²) in [7, 11) is 0. The molecular formula is C28H24BrN3O3. The molecule has 0 fully saturated rings. The molecule has 3 aromatic carbocycles. The van der Waals surface area contributed by atoms with E-state index in [9.17, 15) is 14.7 Å². The van der Waals surface area contributed by atoms with E-state index in [-0.39, 0.29) is 18.9 Å². The summed E-state index contributed by atoms with van der Waals surface area (Å²) in [5, 5.41) is 10.1. The number of fused-ring (bicyclic) bond motifs is 1. The molecule has 6 nitrogen and oxygen atoms in total. The molecule has 176 valence electrons. The molecule has 5 rings (SSSR count). The average Bonchev–Trinajstić information content (AvgIpc) is 3.26. The second-order valence-corrected chi connectivity index (χ2v) is 9.59. The first kappa shape index (κ1) is 23.1. The number of halogens is 1. The summed E-state index contributed by atoms with van der Waals surface area (Å²) >= 11 is 3.50. The second kappa shape index (κ2) is 9.88. The molecule has 0 radical (unpaired) electrons. The van der Waals surface area contributed by atoms with Gasteiger partial charge in [-0.25, -0.2) is 9.78 Å². The Morgan fingerprint density at radius 3 is 2.23 bits per heavy atom. The Kier molecular flexibility index (Phi) is 6.51. The first-order valence-electron chi connectivity index (χ1n) is 11.4. The summed E-state index contributed by atoms with van der Waals surface area (Å²) in [6.07, 6.45) is 1.95. The van der Waals surface area contributed by atoms with Crippen molar-refractivity contribution in [2.75, 3.05) is 0 Å². The van der Waals surface area contributed by atoms with Crippen LogP contribution in [0, 0.1) is 0 Å². The molecule has 7 heteroatoms. The van der Waals surface area contributed by atoms with Gasteiger partial charge in [0.05, 0.1) is 24.5 Å². The lowest BCUT2D eigenvalue weighted by Crippen LogP contribution is -2.50. The minimum Gasteiger partial charge on any atom is -0.480 e. The van der Waals surface area contributed by atoms with Crippen LogP contribution in [0.15, 0.2) is 95.7 Å². The minimum atomic E-state index is -1.01. The molecule has 1 N–H and O–H groups in total. The lowest BCUT2D eigenvalue weighted by atomic mass is 9.88. The van der Waals surface area contributed by atoms with Gasteiger partial charge in [-0.2, -0.15) is 0 Å². The van der Waals surface area contributed by atoms with Crippen molar-refractivity contribution in [3.63, 3.8) is 0 Å². The standard InChI is InChI=1S/C28H24BrN3O3/c29-22-13-7-8-19(14-22)16-31-18-30-23-17-32(25(28(34)35)15-24(23)31)27(33)26(20-9-3-1-4-10-20)21-11-5-2-6-12-21/h1-14,18,25-26H,15-17H2,(H,34,35)/t25-/m0/s1. The maximum Gasteiger partial charge on any atom is 0.326 e. The van der Waals surface area contributed by atoms with E-state index in [0.29, 0.717) is 6.54 Å². The second-order valence-electron chi connectivity index (χ2n) is 8.67. The van der Waals surface area contributed by atoms with Gasteiger partial charge in [-0.3, -0.25) is 4.79 Å². The van der Waals surface area contributed by atoms with Gasteiger partial charge >= 0.3 is 5.97 Å². The number of benzene rings is 3. The SMILES string of the molecule is O=C(O)[C@@H]1Cc2c(ncn2Cc2cccc(Br)c2)CN1C(=O)C(c1ccccc1)c1ccccc1. The number of rotatable bonds is 6. The summed E-state index contributed by atoms with van der Waals surface area (Å²) in [5.41, 5.74) is 4.35. The zero-order chi connectivity index (χ0) is 24.4. The first-order valence-corrected chi connectivity index (χ1v) is 12.2. The molecule has 1 aromatic heterocycles. The molecule has 0 spiro atoms. The number of nitrogens with zero attached hydrogens (tertiary/aromatic N) is 3. The zero-order valence-corrected chi connectivity index (χ0v) is 20.5. The number of carbonyl (C=O) groups is 2. The van der Waals surface area contributed by atoms with Crippen LogP contribution in [0.2, 0.25) is 0 Å². The van der Waals surface area contributed by atoms with Gasteiger partial charge in [0, 0.05) is 23.1 Å². The fourth-order valence-corrected chi connectivity index (χ4v) is 5.18. The van der Waals surface area contributed by atoms with Crippen LogP contribution in [-0.4, -0.2) is 37.5 Å². The number of hydrogen-bond donors (Lipinski definition) is 1. The Morgan fingerprint density at radius 1 is 0.971 bits per heavy atom. The van der Waals surface area contributed by atoms with E-state index in [0.717, 1.165) is 32.6 Å². The molecule has 0 saturated heterocycles. The van der Waals surface area contributed by atoms with Gasteiger partial charge < -0.3 is 14.6 Å². The van der Waals surface area contributed by atoms with Crippen LogP contribution >= 0.6 is 15.9 Å². The summed E-state index contributed by atoms with van der Waals surface area (Å²) in [6, 6.07) is 26.0. The van der Waals surface area contributed by atoms with E-state index in [4.69, 9.17) is 0 Å². The van der Waals surface area contributed by atoms with Crippen LogP contribution in [0.25, 0.3) is 0 Å². The zero-order valence-electron chi connectivity index (χ0n) is 18.9. The average molecular weight is 530 g/mol. The highest BCUT2D eigenvalue weighted by atomic mass is 79.9. The third-order valence-corrected chi connectivity index (χ3v) is 6.93. The van der Waals surface area contributed by atoms with E-state index in [1.54, 1.807) is 6.33 Å². The lowest BCUT2D eigenvalue weighted by Gasteiger charge is -2.35. The number of aromatic nitrogens is 2. The highest BCUT2D eigenvalue weighted by Gasteiger charge is 2.40. The first-order chi connectivity index (χ1) is 17.0. The van der Waals surface area contributed by atoms with E-state index in [1.807, 2.05) is 89.5 Å². The molecule has 35 heavy (non-hydrogen) atoms. The highest BCUT2D eigenvalue weighted by molar-refractivity contribution is 9.10. The van der Waals surface area contributed by atoms with Crippen LogP contribution in [0.1, 0.15) is 34.0 Å². The fraction of sp³-hybridized carbons (Fsp3) is 0.179. The van der Waals surface area contributed by atoms with Crippen molar-refractivity contribution >= 4 is 27.8 Å². The Morgan fingerprint density at radius 2 is 1.63 bits per heavy atom. The van der Waals surface area contributed by atoms with Crippen LogP contribution in [0.3, 0.4) is 0 Å². The molecule has 1 atom stereocenters. The quantitative estimate of drug-likeness (QED) is 0.386. The normalized spacial score (nSPS) is 15.1. The molecule has 1 aliphatic rings.